The van der Waals surface area contributed by atoms with E-state index in [1.165, 1.54) is 6.26 Å². The molecule has 1 fully saturated rings. The number of amides is 2. The maximum absolute atomic E-state index is 12.6. The smallest absolute Gasteiger partial charge is 0.311 e. The third-order valence-corrected chi connectivity index (χ3v) is 5.40. The molecular formula is C25H24N2O5. The third-order valence-electron chi connectivity index (χ3n) is 5.40. The molecule has 32 heavy (non-hydrogen) atoms. The summed E-state index contributed by atoms with van der Waals surface area (Å²) in [5, 5.41) is 2.83. The van der Waals surface area contributed by atoms with Crippen LogP contribution in [-0.2, 0) is 16.1 Å². The van der Waals surface area contributed by atoms with Crippen molar-refractivity contribution in [1.82, 2.24) is 4.90 Å². The summed E-state index contributed by atoms with van der Waals surface area (Å²) in [6.45, 7) is 1.02. The maximum Gasteiger partial charge on any atom is 0.311 e. The number of carbonyl (C=O) groups is 3. The molecule has 0 radical (unpaired) electrons. The highest BCUT2D eigenvalue weighted by molar-refractivity contribution is 6.04. The first-order valence-corrected chi connectivity index (χ1v) is 10.5. The maximum atomic E-state index is 12.6. The third kappa shape index (κ3) is 5.24. The lowest BCUT2D eigenvalue weighted by Gasteiger charge is -2.31. The van der Waals surface area contributed by atoms with E-state index in [4.69, 9.17) is 9.15 Å². The van der Waals surface area contributed by atoms with E-state index in [9.17, 15) is 14.4 Å². The second-order valence-corrected chi connectivity index (χ2v) is 7.69. The lowest BCUT2D eigenvalue weighted by atomic mass is 9.98. The van der Waals surface area contributed by atoms with Gasteiger partial charge in [-0.15, -0.1) is 0 Å². The van der Waals surface area contributed by atoms with Crippen LogP contribution in [0.4, 0.5) is 5.69 Å². The highest BCUT2D eigenvalue weighted by Crippen LogP contribution is 2.21. The number of rotatable bonds is 6. The lowest BCUT2D eigenvalue weighted by molar-refractivity contribution is -0.151. The number of anilines is 1. The van der Waals surface area contributed by atoms with Gasteiger partial charge in [0, 0.05) is 24.3 Å². The van der Waals surface area contributed by atoms with Crippen LogP contribution in [0.3, 0.4) is 0 Å². The molecule has 2 amide bonds. The van der Waals surface area contributed by atoms with Crippen molar-refractivity contribution in [3.05, 3.63) is 89.9 Å². The van der Waals surface area contributed by atoms with Gasteiger partial charge >= 0.3 is 5.97 Å². The Morgan fingerprint density at radius 2 is 1.78 bits per heavy atom. The molecular weight excluding hydrogens is 408 g/mol. The number of hydrogen-bond donors (Lipinski definition) is 1. The van der Waals surface area contributed by atoms with E-state index in [2.05, 4.69) is 5.32 Å². The normalized spacial score (nSPS) is 15.8. The first-order valence-electron chi connectivity index (χ1n) is 10.5. The number of benzene rings is 2. The van der Waals surface area contributed by atoms with E-state index >= 15 is 0 Å². The van der Waals surface area contributed by atoms with Gasteiger partial charge in [0.1, 0.15) is 6.61 Å². The zero-order valence-electron chi connectivity index (χ0n) is 17.5. The summed E-state index contributed by atoms with van der Waals surface area (Å²) in [5.41, 5.74) is 2.03. The van der Waals surface area contributed by atoms with Gasteiger partial charge in [-0.3, -0.25) is 14.4 Å². The SMILES string of the molecule is O=C(Nc1ccccc1)c1ccc(COC(=O)[C@@H]2CCCN(C(=O)c3ccco3)C2)cc1. The van der Waals surface area contributed by atoms with Crippen LogP contribution in [0.15, 0.2) is 77.4 Å². The molecule has 2 heterocycles. The van der Waals surface area contributed by atoms with Crippen LogP contribution < -0.4 is 5.32 Å². The van der Waals surface area contributed by atoms with Crippen molar-refractivity contribution in [3.8, 4) is 0 Å². The van der Waals surface area contributed by atoms with E-state index in [1.807, 2.05) is 30.3 Å². The van der Waals surface area contributed by atoms with Crippen LogP contribution in [-0.4, -0.2) is 35.8 Å². The van der Waals surface area contributed by atoms with E-state index in [0.717, 1.165) is 17.7 Å². The summed E-state index contributed by atoms with van der Waals surface area (Å²) in [6.07, 6.45) is 2.87. The lowest BCUT2D eigenvalue weighted by Crippen LogP contribution is -2.42. The molecule has 1 aromatic heterocycles. The standard InChI is InChI=1S/C25H24N2O5/c28-23(26-21-7-2-1-3-8-21)19-12-10-18(11-13-19)17-32-25(30)20-6-4-14-27(16-20)24(29)22-9-5-15-31-22/h1-3,5,7-13,15,20H,4,6,14,16-17H2,(H,26,28)/t20-/m1/s1. The van der Waals surface area contributed by atoms with Crippen molar-refractivity contribution in [2.45, 2.75) is 19.4 Å². The van der Waals surface area contributed by atoms with Gasteiger partial charge < -0.3 is 19.4 Å². The molecule has 7 heteroatoms. The second kappa shape index (κ2) is 9.96. The van der Waals surface area contributed by atoms with Crippen molar-refractivity contribution >= 4 is 23.5 Å². The van der Waals surface area contributed by atoms with Crippen molar-refractivity contribution < 1.29 is 23.5 Å². The van der Waals surface area contributed by atoms with Gasteiger partial charge in [0.2, 0.25) is 0 Å². The van der Waals surface area contributed by atoms with E-state index in [0.29, 0.717) is 25.1 Å². The summed E-state index contributed by atoms with van der Waals surface area (Å²) in [5.74, 6) is -0.832. The molecule has 0 aliphatic carbocycles. The molecule has 1 atom stereocenters. The number of esters is 1. The Balaban J connectivity index is 1.28. The average Bonchev–Trinajstić information content (AvgIpc) is 3.38. The van der Waals surface area contributed by atoms with Gasteiger partial charge in [-0.25, -0.2) is 0 Å². The van der Waals surface area contributed by atoms with Crippen LogP contribution in [0, 0.1) is 5.92 Å². The Morgan fingerprint density at radius 1 is 1.00 bits per heavy atom. The summed E-state index contributed by atoms with van der Waals surface area (Å²) in [6, 6.07) is 19.4. The number of likely N-dealkylation sites (tertiary alicyclic amines) is 1. The first-order chi connectivity index (χ1) is 15.6. The predicted molar refractivity (Wildman–Crippen MR) is 118 cm³/mol. The Hall–Kier alpha value is -3.87. The van der Waals surface area contributed by atoms with E-state index < -0.39 is 0 Å². The Kier molecular flexibility index (Phi) is 6.65. The summed E-state index contributed by atoms with van der Waals surface area (Å²) >= 11 is 0. The van der Waals surface area contributed by atoms with Gasteiger partial charge in [0.15, 0.2) is 5.76 Å². The number of nitrogens with zero attached hydrogens (tertiary/aromatic N) is 1. The number of piperidine rings is 1. The number of ether oxygens (including phenoxy) is 1. The Labute approximate surface area is 186 Å². The van der Waals surface area contributed by atoms with Crippen molar-refractivity contribution in [2.24, 2.45) is 5.92 Å². The first kappa shape index (κ1) is 21.4. The molecule has 1 N–H and O–H groups in total. The molecule has 2 aromatic carbocycles. The predicted octanol–water partition coefficient (Wildman–Crippen LogP) is 4.13. The van der Waals surface area contributed by atoms with Crippen LogP contribution in [0.5, 0.6) is 0 Å². The number of carbonyl (C=O) groups excluding carboxylic acids is 3. The molecule has 1 aliphatic heterocycles. The zero-order valence-corrected chi connectivity index (χ0v) is 17.5. The highest BCUT2D eigenvalue weighted by Gasteiger charge is 2.30. The molecule has 0 bridgehead atoms. The monoisotopic (exact) mass is 432 g/mol. The van der Waals surface area contributed by atoms with Crippen LogP contribution in [0.1, 0.15) is 39.3 Å². The fourth-order valence-electron chi connectivity index (χ4n) is 3.66. The number of furan rings is 1. The van der Waals surface area contributed by atoms with Gasteiger partial charge in [0.05, 0.1) is 12.2 Å². The van der Waals surface area contributed by atoms with Gasteiger partial charge in [0.25, 0.3) is 11.8 Å². The molecule has 1 saturated heterocycles. The zero-order chi connectivity index (χ0) is 22.3. The molecule has 4 rings (SSSR count). The number of hydrogen-bond acceptors (Lipinski definition) is 5. The summed E-state index contributed by atoms with van der Waals surface area (Å²) < 4.78 is 10.7. The molecule has 0 saturated carbocycles. The van der Waals surface area contributed by atoms with Crippen LogP contribution in [0.25, 0.3) is 0 Å². The molecule has 164 valence electrons. The number of nitrogens with one attached hydrogen (secondary N) is 1. The largest absolute Gasteiger partial charge is 0.461 e. The van der Waals surface area contributed by atoms with Crippen LogP contribution in [0.2, 0.25) is 0 Å². The Morgan fingerprint density at radius 3 is 2.50 bits per heavy atom. The minimum absolute atomic E-state index is 0.113. The highest BCUT2D eigenvalue weighted by atomic mass is 16.5. The fraction of sp³-hybridized carbons (Fsp3) is 0.240. The van der Waals surface area contributed by atoms with Gasteiger partial charge in [-0.05, 0) is 54.8 Å². The topological polar surface area (TPSA) is 88.9 Å². The minimum Gasteiger partial charge on any atom is -0.461 e. The second-order valence-electron chi connectivity index (χ2n) is 7.69. The molecule has 3 aromatic rings. The quantitative estimate of drug-likeness (QED) is 0.592. The summed E-state index contributed by atoms with van der Waals surface area (Å²) in [4.78, 5) is 39.0. The molecule has 0 spiro atoms. The van der Waals surface area contributed by atoms with E-state index in [1.54, 1.807) is 41.3 Å². The number of para-hydroxylation sites is 1. The molecule has 0 unspecified atom stereocenters. The average molecular weight is 432 g/mol. The molecule has 7 nitrogen and oxygen atoms in total. The van der Waals surface area contributed by atoms with Crippen molar-refractivity contribution in [3.63, 3.8) is 0 Å². The fourth-order valence-corrected chi connectivity index (χ4v) is 3.66. The van der Waals surface area contributed by atoms with Crippen molar-refractivity contribution in [2.75, 3.05) is 18.4 Å². The minimum atomic E-state index is -0.362. The summed E-state index contributed by atoms with van der Waals surface area (Å²) in [7, 11) is 0. The molecule has 1 aliphatic rings. The van der Waals surface area contributed by atoms with Crippen molar-refractivity contribution in [1.29, 1.82) is 0 Å². The Bertz CT molecular complexity index is 1060. The van der Waals surface area contributed by atoms with Gasteiger partial charge in [-0.1, -0.05) is 30.3 Å². The van der Waals surface area contributed by atoms with E-state index in [-0.39, 0.29) is 36.1 Å². The van der Waals surface area contributed by atoms with Gasteiger partial charge in [-0.2, -0.15) is 0 Å². The van der Waals surface area contributed by atoms with Crippen LogP contribution >= 0.6 is 0 Å².